The summed E-state index contributed by atoms with van der Waals surface area (Å²) < 4.78 is 6.94. The zero-order valence-electron chi connectivity index (χ0n) is 11.9. The molecule has 1 N–H and O–H groups in total. The lowest BCUT2D eigenvalue weighted by Gasteiger charge is -2.14. The number of nitrogens with zero attached hydrogens (tertiary/aromatic N) is 2. The third kappa shape index (κ3) is 3.84. The first-order chi connectivity index (χ1) is 8.45. The zero-order chi connectivity index (χ0) is 13.7. The van der Waals surface area contributed by atoms with Gasteiger partial charge in [0.25, 0.3) is 0 Å². The molecule has 0 aliphatic rings. The molecule has 5 nitrogen and oxygen atoms in total. The zero-order valence-corrected chi connectivity index (χ0v) is 11.9. The fourth-order valence-corrected chi connectivity index (χ4v) is 1.98. The summed E-state index contributed by atoms with van der Waals surface area (Å²) in [5.41, 5.74) is 3.39. The van der Waals surface area contributed by atoms with Gasteiger partial charge in [-0.05, 0) is 39.7 Å². The number of aryl methyl sites for hydroxylation is 2. The third-order valence-electron chi connectivity index (χ3n) is 3.01. The number of ether oxygens (including phenoxy) is 1. The molecule has 0 aliphatic heterocycles. The Hall–Kier alpha value is -1.36. The average Bonchev–Trinajstić information content (AvgIpc) is 2.53. The Kier molecular flexibility index (Phi) is 5.34. The van der Waals surface area contributed by atoms with Crippen molar-refractivity contribution in [3.05, 3.63) is 17.0 Å². The molecular weight excluding hydrogens is 230 g/mol. The normalized spacial score (nSPS) is 12.5. The van der Waals surface area contributed by atoms with Crippen LogP contribution in [0.15, 0.2) is 0 Å². The van der Waals surface area contributed by atoms with E-state index in [1.54, 1.807) is 0 Å². The van der Waals surface area contributed by atoms with Crippen LogP contribution >= 0.6 is 0 Å². The molecule has 1 aromatic rings. The van der Waals surface area contributed by atoms with Gasteiger partial charge in [0.05, 0.1) is 5.69 Å². The molecule has 1 heterocycles. The van der Waals surface area contributed by atoms with Crippen LogP contribution in [0.25, 0.3) is 0 Å². The molecule has 1 atom stereocenters. The number of rotatable bonds is 6. The fourth-order valence-electron chi connectivity index (χ4n) is 1.98. The van der Waals surface area contributed by atoms with E-state index in [9.17, 15) is 4.79 Å². The van der Waals surface area contributed by atoms with E-state index in [2.05, 4.69) is 10.4 Å². The molecule has 1 unspecified atom stereocenters. The highest BCUT2D eigenvalue weighted by Crippen LogP contribution is 2.13. The standard InChI is InChI=1S/C13H23N3O2/c1-6-18-8-13(17)14-9(2)7-12-10(3)15-16(5)11(12)4/h9H,6-8H2,1-5H3,(H,14,17). The molecule has 0 saturated carbocycles. The molecule has 0 aliphatic carbocycles. The van der Waals surface area contributed by atoms with E-state index in [1.807, 2.05) is 39.4 Å². The Balaban J connectivity index is 2.54. The van der Waals surface area contributed by atoms with Crippen LogP contribution < -0.4 is 5.32 Å². The summed E-state index contributed by atoms with van der Waals surface area (Å²) in [5, 5.41) is 7.30. The third-order valence-corrected chi connectivity index (χ3v) is 3.01. The minimum atomic E-state index is -0.0662. The largest absolute Gasteiger partial charge is 0.372 e. The Labute approximate surface area is 109 Å². The van der Waals surface area contributed by atoms with Crippen molar-refractivity contribution < 1.29 is 9.53 Å². The van der Waals surface area contributed by atoms with E-state index in [0.29, 0.717) is 6.61 Å². The smallest absolute Gasteiger partial charge is 0.246 e. The molecule has 0 bridgehead atoms. The average molecular weight is 253 g/mol. The van der Waals surface area contributed by atoms with Crippen LogP contribution in [-0.4, -0.2) is 34.9 Å². The number of nitrogens with one attached hydrogen (secondary N) is 1. The molecular formula is C13H23N3O2. The number of amides is 1. The minimum absolute atomic E-state index is 0.0662. The van der Waals surface area contributed by atoms with E-state index < -0.39 is 0 Å². The maximum atomic E-state index is 11.5. The van der Waals surface area contributed by atoms with Crippen LogP contribution in [-0.2, 0) is 23.0 Å². The molecule has 102 valence electrons. The van der Waals surface area contributed by atoms with Gasteiger partial charge in [0, 0.05) is 25.4 Å². The Morgan fingerprint density at radius 1 is 1.50 bits per heavy atom. The summed E-state index contributed by atoms with van der Waals surface area (Å²) in [7, 11) is 1.93. The Morgan fingerprint density at radius 2 is 2.17 bits per heavy atom. The van der Waals surface area contributed by atoms with Gasteiger partial charge in [-0.15, -0.1) is 0 Å². The molecule has 18 heavy (non-hydrogen) atoms. The van der Waals surface area contributed by atoms with Crippen molar-refractivity contribution in [2.24, 2.45) is 7.05 Å². The molecule has 0 radical (unpaired) electrons. The molecule has 0 aromatic carbocycles. The van der Waals surface area contributed by atoms with E-state index >= 15 is 0 Å². The van der Waals surface area contributed by atoms with Crippen molar-refractivity contribution in [1.29, 1.82) is 0 Å². The first kappa shape index (κ1) is 14.7. The summed E-state index contributed by atoms with van der Waals surface area (Å²) in [5.74, 6) is -0.0662. The van der Waals surface area contributed by atoms with Gasteiger partial charge < -0.3 is 10.1 Å². The van der Waals surface area contributed by atoms with Gasteiger partial charge in [0.2, 0.25) is 5.91 Å². The molecule has 0 spiro atoms. The van der Waals surface area contributed by atoms with Gasteiger partial charge in [0.1, 0.15) is 6.61 Å². The van der Waals surface area contributed by atoms with Gasteiger partial charge in [-0.1, -0.05) is 0 Å². The van der Waals surface area contributed by atoms with Gasteiger partial charge >= 0.3 is 0 Å². The van der Waals surface area contributed by atoms with Crippen LogP contribution in [0.5, 0.6) is 0 Å². The van der Waals surface area contributed by atoms with Crippen molar-refractivity contribution in [3.63, 3.8) is 0 Å². The number of hydrogen-bond acceptors (Lipinski definition) is 3. The topological polar surface area (TPSA) is 56.1 Å². The summed E-state index contributed by atoms with van der Waals surface area (Å²) in [6.07, 6.45) is 0.795. The highest BCUT2D eigenvalue weighted by molar-refractivity contribution is 5.77. The van der Waals surface area contributed by atoms with Crippen molar-refractivity contribution in [1.82, 2.24) is 15.1 Å². The van der Waals surface area contributed by atoms with Gasteiger partial charge in [-0.25, -0.2) is 0 Å². The number of carbonyl (C=O) groups excluding carboxylic acids is 1. The van der Waals surface area contributed by atoms with Crippen LogP contribution in [0, 0.1) is 13.8 Å². The molecule has 0 fully saturated rings. The minimum Gasteiger partial charge on any atom is -0.372 e. The fraction of sp³-hybridized carbons (Fsp3) is 0.692. The summed E-state index contributed by atoms with van der Waals surface area (Å²) in [4.78, 5) is 11.5. The SMILES string of the molecule is CCOCC(=O)NC(C)Cc1c(C)nn(C)c1C. The Morgan fingerprint density at radius 3 is 2.67 bits per heavy atom. The van der Waals surface area contributed by atoms with Gasteiger partial charge in [-0.2, -0.15) is 5.10 Å². The second-order valence-corrected chi connectivity index (χ2v) is 4.58. The predicted octanol–water partition coefficient (Wildman–Crippen LogP) is 1.12. The van der Waals surface area contributed by atoms with Crippen LogP contribution in [0.1, 0.15) is 30.8 Å². The molecule has 0 saturated heterocycles. The van der Waals surface area contributed by atoms with E-state index in [-0.39, 0.29) is 18.6 Å². The summed E-state index contributed by atoms with van der Waals surface area (Å²) in [6.45, 7) is 8.60. The number of hydrogen-bond donors (Lipinski definition) is 1. The maximum absolute atomic E-state index is 11.5. The number of aromatic nitrogens is 2. The Bertz CT molecular complexity index is 413. The molecule has 1 aromatic heterocycles. The molecule has 1 amide bonds. The summed E-state index contributed by atoms with van der Waals surface area (Å²) in [6, 6.07) is 0.0829. The van der Waals surface area contributed by atoms with E-state index in [0.717, 1.165) is 17.8 Å². The molecule has 5 heteroatoms. The van der Waals surface area contributed by atoms with Crippen molar-refractivity contribution in [3.8, 4) is 0 Å². The lowest BCUT2D eigenvalue weighted by atomic mass is 10.1. The van der Waals surface area contributed by atoms with Crippen LogP contribution in [0.3, 0.4) is 0 Å². The molecule has 1 rings (SSSR count). The maximum Gasteiger partial charge on any atom is 0.246 e. The monoisotopic (exact) mass is 253 g/mol. The van der Waals surface area contributed by atoms with Crippen molar-refractivity contribution in [2.45, 2.75) is 40.2 Å². The number of carbonyl (C=O) groups is 1. The quantitative estimate of drug-likeness (QED) is 0.826. The van der Waals surface area contributed by atoms with Crippen molar-refractivity contribution >= 4 is 5.91 Å². The lowest BCUT2D eigenvalue weighted by Crippen LogP contribution is -2.36. The van der Waals surface area contributed by atoms with Crippen LogP contribution in [0.4, 0.5) is 0 Å². The first-order valence-electron chi connectivity index (χ1n) is 6.31. The van der Waals surface area contributed by atoms with Gasteiger partial charge in [0.15, 0.2) is 0 Å². The summed E-state index contributed by atoms with van der Waals surface area (Å²) >= 11 is 0. The van der Waals surface area contributed by atoms with Gasteiger partial charge in [-0.3, -0.25) is 9.48 Å². The van der Waals surface area contributed by atoms with Crippen LogP contribution in [0.2, 0.25) is 0 Å². The second-order valence-electron chi connectivity index (χ2n) is 4.58. The van der Waals surface area contributed by atoms with E-state index in [4.69, 9.17) is 4.74 Å². The highest BCUT2D eigenvalue weighted by Gasteiger charge is 2.14. The predicted molar refractivity (Wildman–Crippen MR) is 70.5 cm³/mol. The van der Waals surface area contributed by atoms with Crippen molar-refractivity contribution in [2.75, 3.05) is 13.2 Å². The lowest BCUT2D eigenvalue weighted by molar-refractivity contribution is -0.126. The van der Waals surface area contributed by atoms with E-state index in [1.165, 1.54) is 5.56 Å². The highest BCUT2D eigenvalue weighted by atomic mass is 16.5. The first-order valence-corrected chi connectivity index (χ1v) is 6.31. The second kappa shape index (κ2) is 6.54.